The molecule has 0 bridgehead atoms. The molecule has 6 aromatic rings. The number of sulfonamides is 1. The van der Waals surface area contributed by atoms with E-state index in [1.165, 1.54) is 5.56 Å². The first-order valence-corrected chi connectivity index (χ1v) is 13.4. The molecule has 36 heavy (non-hydrogen) atoms. The summed E-state index contributed by atoms with van der Waals surface area (Å²) < 4.78 is 31.2. The number of aromatic nitrogens is 3. The highest BCUT2D eigenvalue weighted by atomic mass is 32.2. The summed E-state index contributed by atoms with van der Waals surface area (Å²) in [6.45, 7) is 6.55. The molecule has 1 N–H and O–H groups in total. The summed E-state index contributed by atoms with van der Waals surface area (Å²) in [4.78, 5) is 0.262. The molecule has 180 valence electrons. The molecule has 0 saturated heterocycles. The van der Waals surface area contributed by atoms with E-state index in [4.69, 9.17) is 0 Å². The van der Waals surface area contributed by atoms with Crippen LogP contribution in [-0.2, 0) is 22.0 Å². The highest BCUT2D eigenvalue weighted by Gasteiger charge is 2.20. The monoisotopic (exact) mass is 494 g/mol. The molecule has 1 aromatic heterocycles. The van der Waals surface area contributed by atoms with Gasteiger partial charge in [0.05, 0.1) is 29.0 Å². The highest BCUT2D eigenvalue weighted by molar-refractivity contribution is 7.89. The lowest BCUT2D eigenvalue weighted by atomic mass is 9.87. The van der Waals surface area contributed by atoms with Crippen molar-refractivity contribution in [1.82, 2.24) is 19.7 Å². The Morgan fingerprint density at radius 3 is 2.14 bits per heavy atom. The Kier molecular flexibility index (Phi) is 5.10. The molecule has 0 saturated carbocycles. The van der Waals surface area contributed by atoms with Gasteiger partial charge in [0.15, 0.2) is 0 Å². The van der Waals surface area contributed by atoms with Gasteiger partial charge < -0.3 is 0 Å². The zero-order chi connectivity index (χ0) is 25.1. The van der Waals surface area contributed by atoms with Crippen molar-refractivity contribution in [3.8, 4) is 5.69 Å². The van der Waals surface area contributed by atoms with Gasteiger partial charge in [-0.25, -0.2) is 17.8 Å². The molecule has 0 atom stereocenters. The van der Waals surface area contributed by atoms with Crippen LogP contribution in [0.1, 0.15) is 32.0 Å². The molecule has 0 aliphatic heterocycles. The minimum absolute atomic E-state index is 0.0460. The molecule has 1 heterocycles. The summed E-state index contributed by atoms with van der Waals surface area (Å²) in [7, 11) is -3.79. The van der Waals surface area contributed by atoms with Crippen molar-refractivity contribution < 1.29 is 8.42 Å². The second-order valence-corrected chi connectivity index (χ2v) is 11.9. The van der Waals surface area contributed by atoms with Gasteiger partial charge in [-0.05, 0) is 56.1 Å². The molecule has 5 aromatic carbocycles. The minimum Gasteiger partial charge on any atom is -0.220 e. The van der Waals surface area contributed by atoms with Crippen LogP contribution in [0.15, 0.2) is 90.0 Å². The predicted octanol–water partition coefficient (Wildman–Crippen LogP) is 5.94. The maximum Gasteiger partial charge on any atom is 0.241 e. The molecule has 0 amide bonds. The van der Waals surface area contributed by atoms with Crippen LogP contribution < -0.4 is 4.72 Å². The fourth-order valence-electron chi connectivity index (χ4n) is 4.81. The van der Waals surface area contributed by atoms with E-state index in [9.17, 15) is 8.42 Å². The van der Waals surface area contributed by atoms with Crippen LogP contribution in [0.5, 0.6) is 0 Å². The van der Waals surface area contributed by atoms with Gasteiger partial charge in [0.25, 0.3) is 0 Å². The lowest BCUT2D eigenvalue weighted by Crippen LogP contribution is -2.23. The third-order valence-corrected chi connectivity index (χ3v) is 8.22. The number of nitrogens with one attached hydrogen (secondary N) is 1. The van der Waals surface area contributed by atoms with Crippen LogP contribution in [0.3, 0.4) is 0 Å². The second-order valence-electron chi connectivity index (χ2n) is 10.2. The summed E-state index contributed by atoms with van der Waals surface area (Å²) in [5, 5.41) is 14.4. The lowest BCUT2D eigenvalue weighted by molar-refractivity contribution is 0.581. The normalized spacial score (nSPS) is 12.8. The molecule has 0 aliphatic carbocycles. The van der Waals surface area contributed by atoms with Crippen molar-refractivity contribution in [2.75, 3.05) is 0 Å². The van der Waals surface area contributed by atoms with E-state index >= 15 is 0 Å². The Balaban J connectivity index is 1.29. The highest BCUT2D eigenvalue weighted by Crippen LogP contribution is 2.37. The maximum absolute atomic E-state index is 13.4. The summed E-state index contributed by atoms with van der Waals surface area (Å²) in [6.07, 6.45) is 1.75. The van der Waals surface area contributed by atoms with E-state index < -0.39 is 10.0 Å². The molecule has 6 rings (SSSR count). The van der Waals surface area contributed by atoms with Crippen molar-refractivity contribution in [3.63, 3.8) is 0 Å². The maximum atomic E-state index is 13.4. The quantitative estimate of drug-likeness (QED) is 0.301. The van der Waals surface area contributed by atoms with Crippen LogP contribution in [0, 0.1) is 0 Å². The zero-order valence-corrected chi connectivity index (χ0v) is 21.2. The number of hydrogen-bond acceptors (Lipinski definition) is 4. The minimum atomic E-state index is -3.79. The second kappa shape index (κ2) is 8.11. The number of nitrogens with zero attached hydrogens (tertiary/aromatic N) is 3. The van der Waals surface area contributed by atoms with Gasteiger partial charge in [0, 0.05) is 5.39 Å². The van der Waals surface area contributed by atoms with Crippen LogP contribution in [0.2, 0.25) is 0 Å². The number of rotatable bonds is 5. The van der Waals surface area contributed by atoms with E-state index in [0.29, 0.717) is 11.1 Å². The molecule has 6 nitrogen and oxygen atoms in total. The first-order valence-electron chi connectivity index (χ1n) is 11.9. The van der Waals surface area contributed by atoms with Crippen LogP contribution >= 0.6 is 0 Å². The van der Waals surface area contributed by atoms with Crippen molar-refractivity contribution in [1.29, 1.82) is 0 Å². The zero-order valence-electron chi connectivity index (χ0n) is 20.4. The molecular weight excluding hydrogens is 468 g/mol. The van der Waals surface area contributed by atoms with Gasteiger partial charge in [-0.3, -0.25) is 0 Å². The van der Waals surface area contributed by atoms with Gasteiger partial charge in [-0.1, -0.05) is 86.6 Å². The molecule has 0 radical (unpaired) electrons. The Morgan fingerprint density at radius 1 is 0.806 bits per heavy atom. The summed E-state index contributed by atoms with van der Waals surface area (Å²) in [5.41, 5.74) is 2.70. The summed E-state index contributed by atoms with van der Waals surface area (Å²) >= 11 is 0. The van der Waals surface area contributed by atoms with E-state index in [1.54, 1.807) is 16.9 Å². The third kappa shape index (κ3) is 3.81. The van der Waals surface area contributed by atoms with Crippen molar-refractivity contribution in [3.05, 3.63) is 96.3 Å². The van der Waals surface area contributed by atoms with Crippen LogP contribution in [0.25, 0.3) is 38.0 Å². The SMILES string of the molecule is CC(C)(C)c1ccc(-n2cc(CNS(=O)(=O)c3ccc4ccc5cccc6ccc3c4c56)nn2)cc1. The van der Waals surface area contributed by atoms with Crippen LogP contribution in [-0.4, -0.2) is 23.4 Å². The topological polar surface area (TPSA) is 76.9 Å². The standard InChI is InChI=1S/C29H26N4O2S/c1-29(2,3)22-11-13-24(14-12-22)33-18-23(31-32-33)17-30-36(34,35)26-16-10-21-8-7-19-5-4-6-20-9-15-25(26)28(21)27(19)20/h4-16,18,30H,17H2,1-3H3. The summed E-state index contributed by atoms with van der Waals surface area (Å²) in [5.74, 6) is 0. The predicted molar refractivity (Wildman–Crippen MR) is 144 cm³/mol. The first kappa shape index (κ1) is 22.6. The largest absolute Gasteiger partial charge is 0.241 e. The van der Waals surface area contributed by atoms with E-state index in [-0.39, 0.29) is 16.9 Å². The number of hydrogen-bond donors (Lipinski definition) is 1. The molecule has 0 fully saturated rings. The van der Waals surface area contributed by atoms with Gasteiger partial charge in [-0.15, -0.1) is 5.10 Å². The molecular formula is C29H26N4O2S. The average molecular weight is 495 g/mol. The summed E-state index contributed by atoms with van der Waals surface area (Å²) in [6, 6.07) is 25.8. The van der Waals surface area contributed by atoms with Crippen LogP contribution in [0.4, 0.5) is 0 Å². The third-order valence-electron chi connectivity index (χ3n) is 6.76. The van der Waals surface area contributed by atoms with Gasteiger partial charge in [0.1, 0.15) is 0 Å². The van der Waals surface area contributed by atoms with E-state index in [1.807, 2.05) is 42.5 Å². The van der Waals surface area contributed by atoms with Crippen molar-refractivity contribution in [2.24, 2.45) is 0 Å². The Labute approximate surface area is 210 Å². The first-order chi connectivity index (χ1) is 17.2. The fourth-order valence-corrected chi connectivity index (χ4v) is 6.01. The van der Waals surface area contributed by atoms with Gasteiger partial charge in [-0.2, -0.15) is 0 Å². The smallest absolute Gasteiger partial charge is 0.220 e. The van der Waals surface area contributed by atoms with Gasteiger partial charge >= 0.3 is 0 Å². The Morgan fingerprint density at radius 2 is 1.44 bits per heavy atom. The Bertz CT molecular complexity index is 1820. The van der Waals surface area contributed by atoms with E-state index in [2.05, 4.69) is 66.1 Å². The number of benzene rings is 5. The molecule has 0 unspecified atom stereocenters. The van der Waals surface area contributed by atoms with Gasteiger partial charge in [0.2, 0.25) is 10.0 Å². The lowest BCUT2D eigenvalue weighted by Gasteiger charge is -2.19. The fraction of sp³-hybridized carbons (Fsp3) is 0.172. The molecule has 0 aliphatic rings. The van der Waals surface area contributed by atoms with E-state index in [0.717, 1.165) is 32.6 Å². The average Bonchev–Trinajstić information content (AvgIpc) is 3.35. The van der Waals surface area contributed by atoms with Crippen molar-refractivity contribution >= 4 is 42.3 Å². The Hall–Kier alpha value is -3.81. The molecule has 0 spiro atoms. The van der Waals surface area contributed by atoms with Crippen molar-refractivity contribution in [2.45, 2.75) is 37.6 Å². The molecule has 7 heteroatoms.